The topological polar surface area (TPSA) is 46.2 Å². The van der Waals surface area contributed by atoms with E-state index in [4.69, 9.17) is 0 Å². The van der Waals surface area contributed by atoms with Crippen LogP contribution in [0, 0.1) is 5.92 Å². The molecule has 1 aromatic rings. The van der Waals surface area contributed by atoms with Gasteiger partial charge in [-0.2, -0.15) is 0 Å². The van der Waals surface area contributed by atoms with Crippen LogP contribution < -0.4 is 5.32 Å². The molecule has 1 heterocycles. The average molecular weight is 307 g/mol. The Morgan fingerprint density at radius 3 is 2.62 bits per heavy atom. The fraction of sp³-hybridized carbons (Fsp3) is 0.647. The molecule has 3 nitrogen and oxygen atoms in total. The lowest BCUT2D eigenvalue weighted by Crippen LogP contribution is -2.36. The Kier molecular flexibility index (Phi) is 4.65. The molecule has 1 saturated carbocycles. The predicted molar refractivity (Wildman–Crippen MR) is 86.1 cm³/mol. The standard InChI is InChI=1S/C17H25NO2S/c19-21(20)10-4-7-17(21)13-18-16-9-8-15(12-16)11-14-5-2-1-3-6-14/h1-3,5-6,15-18H,4,7-13H2/t15-,16-,17-/m1/s1. The van der Waals surface area contributed by atoms with Gasteiger partial charge in [-0.25, -0.2) is 8.42 Å². The molecule has 116 valence electrons. The summed E-state index contributed by atoms with van der Waals surface area (Å²) < 4.78 is 23.7. The Hall–Kier alpha value is -0.870. The Morgan fingerprint density at radius 1 is 1.10 bits per heavy atom. The van der Waals surface area contributed by atoms with E-state index in [-0.39, 0.29) is 5.25 Å². The van der Waals surface area contributed by atoms with Crippen LogP contribution in [-0.4, -0.2) is 32.0 Å². The van der Waals surface area contributed by atoms with Gasteiger partial charge in [-0.15, -0.1) is 0 Å². The van der Waals surface area contributed by atoms with E-state index in [2.05, 4.69) is 35.6 Å². The van der Waals surface area contributed by atoms with E-state index in [0.717, 1.165) is 25.2 Å². The van der Waals surface area contributed by atoms with E-state index in [1.807, 2.05) is 0 Å². The molecule has 21 heavy (non-hydrogen) atoms. The third kappa shape index (κ3) is 3.86. The normalized spacial score (nSPS) is 31.5. The Morgan fingerprint density at radius 2 is 1.90 bits per heavy atom. The summed E-state index contributed by atoms with van der Waals surface area (Å²) in [5.41, 5.74) is 1.42. The van der Waals surface area contributed by atoms with Gasteiger partial charge in [0.25, 0.3) is 0 Å². The Labute approximate surface area is 128 Å². The molecule has 0 radical (unpaired) electrons. The molecule has 0 unspecified atom stereocenters. The zero-order valence-electron chi connectivity index (χ0n) is 12.5. The van der Waals surface area contributed by atoms with Gasteiger partial charge in [0.2, 0.25) is 0 Å². The molecule has 1 aliphatic heterocycles. The molecule has 1 aliphatic carbocycles. The van der Waals surface area contributed by atoms with Crippen LogP contribution in [0.5, 0.6) is 0 Å². The first kappa shape index (κ1) is 15.0. The highest BCUT2D eigenvalue weighted by atomic mass is 32.2. The van der Waals surface area contributed by atoms with Gasteiger partial charge in [0.15, 0.2) is 9.84 Å². The van der Waals surface area contributed by atoms with E-state index in [0.29, 0.717) is 18.3 Å². The minimum Gasteiger partial charge on any atom is -0.313 e. The SMILES string of the molecule is O=S1(=O)CCC[C@@H]1CN[C@@H]1CC[C@H](Cc2ccccc2)C1. The second-order valence-corrected chi connectivity index (χ2v) is 9.01. The minimum atomic E-state index is -2.80. The highest BCUT2D eigenvalue weighted by Gasteiger charge is 2.32. The highest BCUT2D eigenvalue weighted by Crippen LogP contribution is 2.29. The van der Waals surface area contributed by atoms with Crippen molar-refractivity contribution in [2.24, 2.45) is 5.92 Å². The van der Waals surface area contributed by atoms with Crippen molar-refractivity contribution < 1.29 is 8.42 Å². The van der Waals surface area contributed by atoms with Crippen LogP contribution in [0.2, 0.25) is 0 Å². The van der Waals surface area contributed by atoms with E-state index in [1.165, 1.54) is 24.8 Å². The van der Waals surface area contributed by atoms with Gasteiger partial charge in [-0.05, 0) is 50.0 Å². The molecule has 3 atom stereocenters. The molecule has 0 bridgehead atoms. The van der Waals surface area contributed by atoms with Crippen molar-refractivity contribution in [1.82, 2.24) is 5.32 Å². The highest BCUT2D eigenvalue weighted by molar-refractivity contribution is 7.92. The number of hydrogen-bond acceptors (Lipinski definition) is 3. The second-order valence-electron chi connectivity index (χ2n) is 6.61. The van der Waals surface area contributed by atoms with Gasteiger partial charge in [-0.3, -0.25) is 0 Å². The summed E-state index contributed by atoms with van der Waals surface area (Å²) in [4.78, 5) is 0. The molecule has 1 N–H and O–H groups in total. The second kappa shape index (κ2) is 6.49. The third-order valence-electron chi connectivity index (χ3n) is 5.01. The first-order valence-corrected chi connectivity index (χ1v) is 9.84. The monoisotopic (exact) mass is 307 g/mol. The van der Waals surface area contributed by atoms with Crippen molar-refractivity contribution in [2.45, 2.75) is 49.8 Å². The van der Waals surface area contributed by atoms with Crippen LogP contribution in [0.1, 0.15) is 37.7 Å². The Balaban J connectivity index is 1.45. The number of hydrogen-bond donors (Lipinski definition) is 1. The molecular formula is C17H25NO2S. The maximum Gasteiger partial charge on any atom is 0.154 e. The van der Waals surface area contributed by atoms with E-state index in [1.54, 1.807) is 0 Å². The fourth-order valence-corrected chi connectivity index (χ4v) is 5.56. The summed E-state index contributed by atoms with van der Waals surface area (Å²) >= 11 is 0. The molecule has 3 rings (SSSR count). The maximum absolute atomic E-state index is 11.8. The molecular weight excluding hydrogens is 282 g/mol. The first-order valence-electron chi connectivity index (χ1n) is 8.12. The number of sulfone groups is 1. The van der Waals surface area contributed by atoms with Crippen LogP contribution in [0.15, 0.2) is 30.3 Å². The van der Waals surface area contributed by atoms with E-state index >= 15 is 0 Å². The van der Waals surface area contributed by atoms with Gasteiger partial charge >= 0.3 is 0 Å². The predicted octanol–water partition coefficient (Wildman–Crippen LogP) is 2.56. The largest absolute Gasteiger partial charge is 0.313 e. The minimum absolute atomic E-state index is 0.134. The summed E-state index contributed by atoms with van der Waals surface area (Å²) in [5, 5.41) is 3.38. The number of rotatable bonds is 5. The molecule has 4 heteroatoms. The van der Waals surface area contributed by atoms with Crippen molar-refractivity contribution in [3.8, 4) is 0 Å². The average Bonchev–Trinajstić information content (AvgIpc) is 3.04. The van der Waals surface area contributed by atoms with Gasteiger partial charge < -0.3 is 5.32 Å². The molecule has 0 spiro atoms. The molecule has 1 aromatic carbocycles. The van der Waals surface area contributed by atoms with Gasteiger partial charge in [0, 0.05) is 12.6 Å². The van der Waals surface area contributed by atoms with Gasteiger partial charge in [0.1, 0.15) is 0 Å². The molecule has 1 saturated heterocycles. The van der Waals surface area contributed by atoms with Crippen molar-refractivity contribution in [3.05, 3.63) is 35.9 Å². The lowest BCUT2D eigenvalue weighted by molar-refractivity contribution is 0.476. The van der Waals surface area contributed by atoms with Crippen LogP contribution in [0.3, 0.4) is 0 Å². The molecule has 2 aliphatic rings. The summed E-state index contributed by atoms with van der Waals surface area (Å²) in [6.45, 7) is 0.658. The quantitative estimate of drug-likeness (QED) is 0.909. The maximum atomic E-state index is 11.8. The van der Waals surface area contributed by atoms with Crippen LogP contribution in [0.25, 0.3) is 0 Å². The van der Waals surface area contributed by atoms with Gasteiger partial charge in [0.05, 0.1) is 11.0 Å². The van der Waals surface area contributed by atoms with Crippen molar-refractivity contribution >= 4 is 9.84 Å². The summed E-state index contributed by atoms with van der Waals surface area (Å²) in [7, 11) is -2.80. The lowest BCUT2D eigenvalue weighted by Gasteiger charge is -2.16. The summed E-state index contributed by atoms with van der Waals surface area (Å²) in [6, 6.07) is 11.2. The third-order valence-corrected chi connectivity index (χ3v) is 7.28. The summed E-state index contributed by atoms with van der Waals surface area (Å²) in [5.74, 6) is 1.13. The van der Waals surface area contributed by atoms with Crippen LogP contribution in [0.4, 0.5) is 0 Å². The zero-order chi connectivity index (χ0) is 14.7. The van der Waals surface area contributed by atoms with Crippen LogP contribution >= 0.6 is 0 Å². The van der Waals surface area contributed by atoms with E-state index < -0.39 is 9.84 Å². The lowest BCUT2D eigenvalue weighted by atomic mass is 9.98. The zero-order valence-corrected chi connectivity index (χ0v) is 13.3. The van der Waals surface area contributed by atoms with Crippen molar-refractivity contribution in [2.75, 3.05) is 12.3 Å². The van der Waals surface area contributed by atoms with Crippen molar-refractivity contribution in [1.29, 1.82) is 0 Å². The van der Waals surface area contributed by atoms with Crippen molar-refractivity contribution in [3.63, 3.8) is 0 Å². The molecule has 0 amide bonds. The first-order chi connectivity index (χ1) is 10.1. The smallest absolute Gasteiger partial charge is 0.154 e. The Bertz CT molecular complexity index is 555. The fourth-order valence-electron chi connectivity index (χ4n) is 3.78. The summed E-state index contributed by atoms with van der Waals surface area (Å²) in [6.07, 6.45) is 6.46. The molecule has 0 aromatic heterocycles. The van der Waals surface area contributed by atoms with Gasteiger partial charge in [-0.1, -0.05) is 30.3 Å². The van der Waals surface area contributed by atoms with Crippen LogP contribution in [-0.2, 0) is 16.3 Å². The number of nitrogens with one attached hydrogen (secondary N) is 1. The molecule has 2 fully saturated rings. The number of benzene rings is 1. The van der Waals surface area contributed by atoms with E-state index in [9.17, 15) is 8.42 Å².